The zero-order chi connectivity index (χ0) is 21.4. The fraction of sp³-hybridized carbons (Fsp3) is 0.318. The Morgan fingerprint density at radius 2 is 2.20 bits per heavy atom. The number of benzene rings is 1. The van der Waals surface area contributed by atoms with E-state index in [0.717, 1.165) is 23.3 Å². The van der Waals surface area contributed by atoms with Crippen molar-refractivity contribution in [3.8, 4) is 27.6 Å². The van der Waals surface area contributed by atoms with E-state index in [1.807, 2.05) is 19.9 Å². The fourth-order valence-electron chi connectivity index (χ4n) is 3.83. The largest absolute Gasteiger partial charge is 0.361 e. The van der Waals surface area contributed by atoms with Crippen LogP contribution in [0.25, 0.3) is 21.6 Å². The maximum absolute atomic E-state index is 14.3. The van der Waals surface area contributed by atoms with Crippen molar-refractivity contribution in [3.63, 3.8) is 0 Å². The Morgan fingerprint density at radius 3 is 2.83 bits per heavy atom. The molecule has 0 bridgehead atoms. The Kier molecular flexibility index (Phi) is 5.41. The van der Waals surface area contributed by atoms with Crippen LogP contribution in [-0.4, -0.2) is 35.1 Å². The first-order valence-corrected chi connectivity index (χ1v) is 10.5. The monoisotopic (exact) mass is 424 g/mol. The molecule has 1 atom stereocenters. The lowest BCUT2D eigenvalue weighted by Gasteiger charge is -2.30. The molecule has 0 radical (unpaired) electrons. The maximum Gasteiger partial charge on any atom is 0.264 e. The molecule has 4 rings (SSSR count). The molecule has 0 unspecified atom stereocenters. The van der Waals surface area contributed by atoms with Crippen LogP contribution in [0.1, 0.15) is 39.5 Å². The Morgan fingerprint density at radius 1 is 1.40 bits per heavy atom. The smallest absolute Gasteiger partial charge is 0.264 e. The van der Waals surface area contributed by atoms with Crippen LogP contribution in [0.15, 0.2) is 28.8 Å². The highest BCUT2D eigenvalue weighted by atomic mass is 32.1. The molecule has 3 heterocycles. The van der Waals surface area contributed by atoms with Gasteiger partial charge in [-0.1, -0.05) is 11.2 Å². The Labute approximate surface area is 177 Å². The van der Waals surface area contributed by atoms with Gasteiger partial charge in [0.05, 0.1) is 21.7 Å². The van der Waals surface area contributed by atoms with Gasteiger partial charge in [-0.15, -0.1) is 11.3 Å². The van der Waals surface area contributed by atoms with Crippen LogP contribution < -0.4 is 5.73 Å². The predicted octanol–water partition coefficient (Wildman–Crippen LogP) is 4.26. The van der Waals surface area contributed by atoms with Gasteiger partial charge in [-0.2, -0.15) is 5.26 Å². The third-order valence-corrected chi connectivity index (χ3v) is 6.49. The molecule has 1 aliphatic heterocycles. The lowest BCUT2D eigenvalue weighted by molar-refractivity contribution is 0.0714. The van der Waals surface area contributed by atoms with Crippen molar-refractivity contribution in [3.05, 3.63) is 52.0 Å². The molecule has 0 saturated carbocycles. The van der Waals surface area contributed by atoms with Gasteiger partial charge in [0.2, 0.25) is 0 Å². The number of aromatic nitrogens is 1. The maximum atomic E-state index is 14.3. The van der Waals surface area contributed by atoms with E-state index in [4.69, 9.17) is 15.5 Å². The van der Waals surface area contributed by atoms with E-state index in [-0.39, 0.29) is 17.5 Å². The molecule has 0 aliphatic carbocycles. The Bertz CT molecular complexity index is 1140. The van der Waals surface area contributed by atoms with Crippen LogP contribution >= 0.6 is 11.3 Å². The van der Waals surface area contributed by atoms with E-state index in [0.29, 0.717) is 40.5 Å². The average Bonchev–Trinajstić information content (AvgIpc) is 3.30. The summed E-state index contributed by atoms with van der Waals surface area (Å²) >= 11 is 1.34. The number of halogens is 1. The van der Waals surface area contributed by atoms with Crippen molar-refractivity contribution in [2.24, 2.45) is 5.73 Å². The first-order valence-electron chi connectivity index (χ1n) is 9.71. The van der Waals surface area contributed by atoms with Gasteiger partial charge in [0.15, 0.2) is 0 Å². The molecular formula is C22H21FN4O2S. The number of carbonyl (C=O) groups is 1. The van der Waals surface area contributed by atoms with Crippen molar-refractivity contribution >= 4 is 17.2 Å². The molecule has 154 valence electrons. The summed E-state index contributed by atoms with van der Waals surface area (Å²) in [5.41, 5.74) is 8.83. The van der Waals surface area contributed by atoms with Crippen LogP contribution in [0.5, 0.6) is 0 Å². The summed E-state index contributed by atoms with van der Waals surface area (Å²) in [4.78, 5) is 16.3. The van der Waals surface area contributed by atoms with E-state index in [1.54, 1.807) is 17.0 Å². The van der Waals surface area contributed by atoms with Gasteiger partial charge in [0.25, 0.3) is 5.91 Å². The highest BCUT2D eigenvalue weighted by molar-refractivity contribution is 7.18. The third-order valence-electron chi connectivity index (χ3n) is 5.35. The first kappa shape index (κ1) is 20.3. The SMILES string of the molecule is Cc1noc(C)c1-c1sc(C(=O)N2CCC[C@@H](N)C2)cc1-c1ccc(C#N)c(F)c1. The summed E-state index contributed by atoms with van der Waals surface area (Å²) in [6.45, 7) is 4.84. The summed E-state index contributed by atoms with van der Waals surface area (Å²) in [5, 5.41) is 13.1. The molecule has 1 aliphatic rings. The number of nitriles is 1. The molecule has 0 spiro atoms. The molecule has 3 aromatic rings. The number of carbonyl (C=O) groups excluding carboxylic acids is 1. The molecule has 2 aromatic heterocycles. The summed E-state index contributed by atoms with van der Waals surface area (Å²) < 4.78 is 19.7. The topological polar surface area (TPSA) is 96.2 Å². The summed E-state index contributed by atoms with van der Waals surface area (Å²) in [6, 6.07) is 8.07. The molecule has 1 amide bonds. The van der Waals surface area contributed by atoms with Crippen LogP contribution in [0.4, 0.5) is 4.39 Å². The highest BCUT2D eigenvalue weighted by Crippen LogP contribution is 2.42. The zero-order valence-electron chi connectivity index (χ0n) is 16.7. The second-order valence-corrected chi connectivity index (χ2v) is 8.56. The minimum Gasteiger partial charge on any atom is -0.361 e. The number of amides is 1. The van der Waals surface area contributed by atoms with Crippen LogP contribution in [0.2, 0.25) is 0 Å². The molecule has 1 fully saturated rings. The minimum absolute atomic E-state index is 0.0169. The fourth-order valence-corrected chi connectivity index (χ4v) is 5.12. The molecule has 30 heavy (non-hydrogen) atoms. The minimum atomic E-state index is -0.596. The molecule has 2 N–H and O–H groups in total. The molecule has 1 saturated heterocycles. The van der Waals surface area contributed by atoms with Crippen molar-refractivity contribution in [2.45, 2.75) is 32.7 Å². The van der Waals surface area contributed by atoms with E-state index in [9.17, 15) is 9.18 Å². The van der Waals surface area contributed by atoms with E-state index in [1.165, 1.54) is 23.5 Å². The number of thiophene rings is 1. The number of nitrogens with two attached hydrogens (primary N) is 1. The number of aryl methyl sites for hydroxylation is 2. The van der Waals surface area contributed by atoms with E-state index >= 15 is 0 Å². The van der Waals surface area contributed by atoms with Gasteiger partial charge in [-0.3, -0.25) is 4.79 Å². The molecule has 1 aromatic carbocycles. The summed E-state index contributed by atoms with van der Waals surface area (Å²) in [7, 11) is 0. The van der Waals surface area contributed by atoms with Gasteiger partial charge in [0, 0.05) is 29.6 Å². The second-order valence-electron chi connectivity index (χ2n) is 7.51. The standard InChI is InChI=1S/C22H21FN4O2S/c1-12-20(13(2)29-26-12)21-17(14-5-6-15(10-24)18(23)8-14)9-19(30-21)22(28)27-7-3-4-16(25)11-27/h5-6,8-9,16H,3-4,7,11,25H2,1-2H3/t16-/m1/s1. The normalized spacial score (nSPS) is 16.5. The molecule has 8 heteroatoms. The van der Waals surface area contributed by atoms with Gasteiger partial charge in [-0.05, 0) is 50.5 Å². The molecule has 6 nitrogen and oxygen atoms in total. The summed E-state index contributed by atoms with van der Waals surface area (Å²) in [6.07, 6.45) is 1.79. The number of likely N-dealkylation sites (tertiary alicyclic amines) is 1. The van der Waals surface area contributed by atoms with Gasteiger partial charge in [0.1, 0.15) is 17.6 Å². The van der Waals surface area contributed by atoms with Crippen LogP contribution in [0, 0.1) is 31.0 Å². The lowest BCUT2D eigenvalue weighted by atomic mass is 10.00. The summed E-state index contributed by atoms with van der Waals surface area (Å²) in [5.74, 6) is -0.0481. The lowest BCUT2D eigenvalue weighted by Crippen LogP contribution is -2.45. The Hall–Kier alpha value is -3.02. The predicted molar refractivity (Wildman–Crippen MR) is 113 cm³/mol. The average molecular weight is 425 g/mol. The van der Waals surface area contributed by atoms with E-state index < -0.39 is 5.82 Å². The first-order chi connectivity index (χ1) is 14.4. The van der Waals surface area contributed by atoms with Gasteiger partial charge >= 0.3 is 0 Å². The van der Waals surface area contributed by atoms with Crippen molar-refractivity contribution in [1.82, 2.24) is 10.1 Å². The number of piperidine rings is 1. The van der Waals surface area contributed by atoms with Crippen molar-refractivity contribution in [2.75, 3.05) is 13.1 Å². The van der Waals surface area contributed by atoms with Gasteiger partial charge < -0.3 is 15.2 Å². The quantitative estimate of drug-likeness (QED) is 0.678. The number of nitrogens with zero attached hydrogens (tertiary/aromatic N) is 3. The number of hydrogen-bond acceptors (Lipinski definition) is 6. The second kappa shape index (κ2) is 8.01. The zero-order valence-corrected chi connectivity index (χ0v) is 17.6. The number of hydrogen-bond donors (Lipinski definition) is 1. The Balaban J connectivity index is 1.83. The van der Waals surface area contributed by atoms with Crippen molar-refractivity contribution in [1.29, 1.82) is 5.26 Å². The third kappa shape index (κ3) is 3.62. The van der Waals surface area contributed by atoms with E-state index in [2.05, 4.69) is 5.16 Å². The van der Waals surface area contributed by atoms with Crippen LogP contribution in [0.3, 0.4) is 0 Å². The van der Waals surface area contributed by atoms with Gasteiger partial charge in [-0.25, -0.2) is 4.39 Å². The van der Waals surface area contributed by atoms with Crippen LogP contribution in [-0.2, 0) is 0 Å². The molecular weight excluding hydrogens is 403 g/mol. The van der Waals surface area contributed by atoms with Crippen molar-refractivity contribution < 1.29 is 13.7 Å². The number of rotatable bonds is 3. The highest BCUT2D eigenvalue weighted by Gasteiger charge is 2.27.